The SMILES string of the molecule is CCC(NCCSC(F)(F)F)c1ccc(Br)cc1. The molecule has 1 aromatic carbocycles. The molecule has 0 aliphatic heterocycles. The summed E-state index contributed by atoms with van der Waals surface area (Å²) in [6.07, 6.45) is 0.846. The molecular formula is C12H15BrF3NS. The Morgan fingerprint density at radius 1 is 1.28 bits per heavy atom. The van der Waals surface area contributed by atoms with Crippen LogP contribution >= 0.6 is 27.7 Å². The van der Waals surface area contributed by atoms with Gasteiger partial charge in [0.15, 0.2) is 0 Å². The molecular weight excluding hydrogens is 327 g/mol. The number of rotatable bonds is 6. The van der Waals surface area contributed by atoms with Gasteiger partial charge in [0.2, 0.25) is 0 Å². The maximum absolute atomic E-state index is 12.0. The van der Waals surface area contributed by atoms with Gasteiger partial charge in [-0.05, 0) is 35.9 Å². The number of nitrogens with one attached hydrogen (secondary N) is 1. The normalized spacial score (nSPS) is 13.6. The minimum Gasteiger partial charge on any atom is -0.309 e. The van der Waals surface area contributed by atoms with Crippen LogP contribution in [-0.2, 0) is 0 Å². The monoisotopic (exact) mass is 341 g/mol. The molecule has 0 aliphatic rings. The zero-order valence-electron chi connectivity index (χ0n) is 9.93. The highest BCUT2D eigenvalue weighted by Gasteiger charge is 2.27. The van der Waals surface area contributed by atoms with Crippen LogP contribution in [0.25, 0.3) is 0 Å². The van der Waals surface area contributed by atoms with Crippen molar-refractivity contribution in [3.8, 4) is 0 Å². The molecule has 0 saturated carbocycles. The molecule has 0 bridgehead atoms. The van der Waals surface area contributed by atoms with Gasteiger partial charge in [0.1, 0.15) is 0 Å². The van der Waals surface area contributed by atoms with Gasteiger partial charge in [-0.3, -0.25) is 0 Å². The van der Waals surface area contributed by atoms with E-state index in [9.17, 15) is 13.2 Å². The molecule has 0 aromatic heterocycles. The Balaban J connectivity index is 2.40. The summed E-state index contributed by atoms with van der Waals surface area (Å²) < 4.78 is 36.9. The van der Waals surface area contributed by atoms with Gasteiger partial charge in [0, 0.05) is 22.8 Å². The fourth-order valence-electron chi connectivity index (χ4n) is 1.59. The third-order valence-electron chi connectivity index (χ3n) is 2.44. The molecule has 0 aliphatic carbocycles. The lowest BCUT2D eigenvalue weighted by Gasteiger charge is -2.17. The molecule has 0 heterocycles. The number of hydrogen-bond acceptors (Lipinski definition) is 2. The average Bonchev–Trinajstić information content (AvgIpc) is 2.29. The van der Waals surface area contributed by atoms with Crippen molar-refractivity contribution in [3.63, 3.8) is 0 Å². The molecule has 18 heavy (non-hydrogen) atoms. The van der Waals surface area contributed by atoms with Crippen LogP contribution in [-0.4, -0.2) is 17.8 Å². The van der Waals surface area contributed by atoms with Crippen molar-refractivity contribution in [2.24, 2.45) is 0 Å². The Hall–Kier alpha value is -0.200. The van der Waals surface area contributed by atoms with Crippen molar-refractivity contribution >= 4 is 27.7 Å². The summed E-state index contributed by atoms with van der Waals surface area (Å²) in [6, 6.07) is 7.92. The first-order chi connectivity index (χ1) is 8.42. The first-order valence-electron chi connectivity index (χ1n) is 5.62. The number of halogens is 4. The summed E-state index contributed by atoms with van der Waals surface area (Å²) in [5, 5.41) is 3.14. The molecule has 1 nitrogen and oxygen atoms in total. The van der Waals surface area contributed by atoms with E-state index in [0.29, 0.717) is 6.54 Å². The Kier molecular flexibility index (Phi) is 6.52. The van der Waals surface area contributed by atoms with Gasteiger partial charge in [0.25, 0.3) is 0 Å². The predicted octanol–water partition coefficient (Wildman–Crippen LogP) is 4.74. The van der Waals surface area contributed by atoms with E-state index in [0.717, 1.165) is 16.5 Å². The molecule has 1 atom stereocenters. The lowest BCUT2D eigenvalue weighted by atomic mass is 10.1. The van der Waals surface area contributed by atoms with Crippen molar-refractivity contribution in [1.29, 1.82) is 0 Å². The summed E-state index contributed by atoms with van der Waals surface area (Å²) >= 11 is 3.37. The third-order valence-corrected chi connectivity index (χ3v) is 3.70. The summed E-state index contributed by atoms with van der Waals surface area (Å²) in [5.41, 5.74) is -3.04. The van der Waals surface area contributed by atoms with Gasteiger partial charge < -0.3 is 5.32 Å². The van der Waals surface area contributed by atoms with Gasteiger partial charge >= 0.3 is 5.51 Å². The minimum atomic E-state index is -4.14. The predicted molar refractivity (Wildman–Crippen MR) is 73.7 cm³/mol. The van der Waals surface area contributed by atoms with E-state index in [-0.39, 0.29) is 23.6 Å². The molecule has 1 aromatic rings. The van der Waals surface area contributed by atoms with Crippen molar-refractivity contribution in [3.05, 3.63) is 34.3 Å². The Labute approximate surface area is 118 Å². The first kappa shape index (κ1) is 15.9. The van der Waals surface area contributed by atoms with Crippen LogP contribution in [0, 0.1) is 0 Å². The van der Waals surface area contributed by atoms with E-state index in [1.807, 2.05) is 31.2 Å². The van der Waals surface area contributed by atoms with Crippen LogP contribution in [0.5, 0.6) is 0 Å². The quantitative estimate of drug-likeness (QED) is 0.750. The molecule has 1 unspecified atom stereocenters. The number of alkyl halides is 3. The van der Waals surface area contributed by atoms with E-state index < -0.39 is 5.51 Å². The Morgan fingerprint density at radius 2 is 1.89 bits per heavy atom. The maximum Gasteiger partial charge on any atom is 0.441 e. The van der Waals surface area contributed by atoms with E-state index in [1.165, 1.54) is 0 Å². The minimum absolute atomic E-state index is 0.0137. The zero-order chi connectivity index (χ0) is 13.6. The molecule has 0 fully saturated rings. The highest BCUT2D eigenvalue weighted by molar-refractivity contribution is 9.10. The van der Waals surface area contributed by atoms with Crippen LogP contribution in [0.1, 0.15) is 24.9 Å². The van der Waals surface area contributed by atoms with E-state index in [2.05, 4.69) is 21.2 Å². The Morgan fingerprint density at radius 3 is 2.39 bits per heavy atom. The van der Waals surface area contributed by atoms with Crippen LogP contribution < -0.4 is 5.32 Å². The van der Waals surface area contributed by atoms with Crippen LogP contribution in [0.3, 0.4) is 0 Å². The van der Waals surface area contributed by atoms with E-state index >= 15 is 0 Å². The summed E-state index contributed by atoms with van der Waals surface area (Å²) in [5.74, 6) is 0.0382. The van der Waals surface area contributed by atoms with Gasteiger partial charge in [-0.15, -0.1) is 0 Å². The maximum atomic E-state index is 12.0. The Bertz CT molecular complexity index is 353. The van der Waals surface area contributed by atoms with Gasteiger partial charge in [-0.1, -0.05) is 35.0 Å². The number of thioether (sulfide) groups is 1. The second kappa shape index (κ2) is 7.40. The first-order valence-corrected chi connectivity index (χ1v) is 7.39. The fraction of sp³-hybridized carbons (Fsp3) is 0.500. The fourth-order valence-corrected chi connectivity index (χ4v) is 2.31. The van der Waals surface area contributed by atoms with Gasteiger partial charge in [0.05, 0.1) is 0 Å². The largest absolute Gasteiger partial charge is 0.441 e. The lowest BCUT2D eigenvalue weighted by molar-refractivity contribution is -0.0327. The third kappa shape index (κ3) is 6.11. The zero-order valence-corrected chi connectivity index (χ0v) is 12.3. The molecule has 1 rings (SSSR count). The molecule has 1 N–H and O–H groups in total. The smallest absolute Gasteiger partial charge is 0.309 e. The van der Waals surface area contributed by atoms with Crippen molar-refractivity contribution < 1.29 is 13.2 Å². The molecule has 0 saturated heterocycles. The second-order valence-corrected chi connectivity index (χ2v) is 5.84. The highest BCUT2D eigenvalue weighted by Crippen LogP contribution is 2.29. The van der Waals surface area contributed by atoms with Crippen molar-refractivity contribution in [2.75, 3.05) is 12.3 Å². The topological polar surface area (TPSA) is 12.0 Å². The summed E-state index contributed by atoms with van der Waals surface area (Å²) in [6.45, 7) is 2.36. The molecule has 6 heteroatoms. The molecule has 102 valence electrons. The van der Waals surface area contributed by atoms with Crippen molar-refractivity contribution in [1.82, 2.24) is 5.32 Å². The highest BCUT2D eigenvalue weighted by atomic mass is 79.9. The van der Waals surface area contributed by atoms with Crippen LogP contribution in [0.4, 0.5) is 13.2 Å². The number of benzene rings is 1. The average molecular weight is 342 g/mol. The molecule has 0 spiro atoms. The standard InChI is InChI=1S/C12H15BrF3NS/c1-2-11(9-3-5-10(13)6-4-9)17-7-8-18-12(14,15)16/h3-6,11,17H,2,7-8H2,1H3. The summed E-state index contributed by atoms with van der Waals surface area (Å²) in [7, 11) is 0. The number of hydrogen-bond donors (Lipinski definition) is 1. The van der Waals surface area contributed by atoms with E-state index in [1.54, 1.807) is 0 Å². The molecule has 0 radical (unpaired) electrons. The van der Waals surface area contributed by atoms with Crippen LogP contribution in [0.2, 0.25) is 0 Å². The van der Waals surface area contributed by atoms with Crippen molar-refractivity contribution in [2.45, 2.75) is 24.9 Å². The molecule has 0 amide bonds. The van der Waals surface area contributed by atoms with Crippen LogP contribution in [0.15, 0.2) is 28.7 Å². The second-order valence-electron chi connectivity index (χ2n) is 3.76. The van der Waals surface area contributed by atoms with E-state index in [4.69, 9.17) is 0 Å². The van der Waals surface area contributed by atoms with Gasteiger partial charge in [-0.25, -0.2) is 0 Å². The van der Waals surface area contributed by atoms with Gasteiger partial charge in [-0.2, -0.15) is 13.2 Å². The lowest BCUT2D eigenvalue weighted by Crippen LogP contribution is -2.24. The summed E-state index contributed by atoms with van der Waals surface area (Å²) in [4.78, 5) is 0.